The van der Waals surface area contributed by atoms with Crippen LogP contribution in [0.4, 0.5) is 0 Å². The summed E-state index contributed by atoms with van der Waals surface area (Å²) in [7, 11) is 3.09. The molecule has 0 atom stereocenters. The number of hydrogen-bond donors (Lipinski definition) is 2. The molecule has 0 aliphatic carbocycles. The van der Waals surface area contributed by atoms with E-state index in [0.29, 0.717) is 35.7 Å². The number of benzene rings is 4. The average molecular weight is 483 g/mol. The molecule has 0 heterocycles. The van der Waals surface area contributed by atoms with Crippen molar-refractivity contribution >= 4 is 5.91 Å². The lowest BCUT2D eigenvalue weighted by molar-refractivity contribution is -0.142. The zero-order valence-corrected chi connectivity index (χ0v) is 20.4. The first-order valence-corrected chi connectivity index (χ1v) is 11.7. The SMILES string of the molecule is COc1cccc(C(O)(C(=O)NN(Cc2ccccc2)Cc2ccccc2)c2cccc(OC)c2)c1. The molecule has 4 aromatic carbocycles. The molecule has 0 spiro atoms. The summed E-state index contributed by atoms with van der Waals surface area (Å²) in [6, 6.07) is 33.5. The Morgan fingerprint density at radius 3 is 1.58 bits per heavy atom. The number of carbonyl (C=O) groups excluding carboxylic acids is 1. The largest absolute Gasteiger partial charge is 0.497 e. The minimum atomic E-state index is -2.01. The highest BCUT2D eigenvalue weighted by atomic mass is 16.5. The molecule has 0 aromatic heterocycles. The second kappa shape index (κ2) is 11.5. The van der Waals surface area contributed by atoms with Crippen molar-refractivity contribution in [2.24, 2.45) is 0 Å². The van der Waals surface area contributed by atoms with E-state index in [4.69, 9.17) is 9.47 Å². The smallest absolute Gasteiger partial charge is 0.275 e. The maximum absolute atomic E-state index is 14.0. The van der Waals surface area contributed by atoms with E-state index in [2.05, 4.69) is 5.43 Å². The van der Waals surface area contributed by atoms with Crippen molar-refractivity contribution in [3.63, 3.8) is 0 Å². The van der Waals surface area contributed by atoms with E-state index >= 15 is 0 Å². The van der Waals surface area contributed by atoms with Gasteiger partial charge in [-0.25, -0.2) is 5.01 Å². The number of nitrogens with one attached hydrogen (secondary N) is 1. The standard InChI is InChI=1S/C30H30N2O4/c1-35-27-17-9-15-25(19-27)30(34,26-16-10-18-28(20-26)36-2)29(33)31-32(21-23-11-5-3-6-12-23)22-24-13-7-4-8-14-24/h3-20,34H,21-22H2,1-2H3,(H,31,33). The minimum absolute atomic E-state index is 0.381. The molecule has 1 amide bonds. The zero-order valence-electron chi connectivity index (χ0n) is 20.4. The van der Waals surface area contributed by atoms with E-state index in [1.54, 1.807) is 67.8 Å². The van der Waals surface area contributed by atoms with Gasteiger partial charge in [-0.15, -0.1) is 0 Å². The number of rotatable bonds is 10. The van der Waals surface area contributed by atoms with Crippen LogP contribution in [0.2, 0.25) is 0 Å². The van der Waals surface area contributed by atoms with E-state index < -0.39 is 11.5 Å². The van der Waals surface area contributed by atoms with E-state index in [1.807, 2.05) is 60.7 Å². The van der Waals surface area contributed by atoms with Gasteiger partial charge in [-0.05, 0) is 35.4 Å². The summed E-state index contributed by atoms with van der Waals surface area (Å²) in [5.41, 5.74) is 3.80. The molecule has 4 aromatic rings. The van der Waals surface area contributed by atoms with Crippen LogP contribution in [-0.4, -0.2) is 30.2 Å². The number of carbonyl (C=O) groups is 1. The van der Waals surface area contributed by atoms with E-state index in [0.717, 1.165) is 11.1 Å². The highest BCUT2D eigenvalue weighted by molar-refractivity contribution is 5.90. The summed E-state index contributed by atoms with van der Waals surface area (Å²) in [6.07, 6.45) is 0. The van der Waals surface area contributed by atoms with Crippen LogP contribution in [0.15, 0.2) is 109 Å². The molecule has 0 saturated heterocycles. The van der Waals surface area contributed by atoms with Crippen molar-refractivity contribution in [3.8, 4) is 11.5 Å². The highest BCUT2D eigenvalue weighted by Crippen LogP contribution is 2.34. The van der Waals surface area contributed by atoms with Gasteiger partial charge in [0.05, 0.1) is 14.2 Å². The Kier molecular flexibility index (Phi) is 8.00. The second-order valence-electron chi connectivity index (χ2n) is 8.44. The molecule has 184 valence electrons. The maximum Gasteiger partial charge on any atom is 0.275 e. The van der Waals surface area contributed by atoms with Crippen molar-refractivity contribution in [1.82, 2.24) is 10.4 Å². The zero-order chi connectivity index (χ0) is 25.4. The molecule has 2 N–H and O–H groups in total. The monoisotopic (exact) mass is 482 g/mol. The lowest BCUT2D eigenvalue weighted by atomic mass is 9.85. The van der Waals surface area contributed by atoms with Crippen LogP contribution < -0.4 is 14.9 Å². The van der Waals surface area contributed by atoms with Crippen molar-refractivity contribution < 1.29 is 19.4 Å². The van der Waals surface area contributed by atoms with Gasteiger partial charge in [-0.2, -0.15) is 0 Å². The molecule has 4 rings (SSSR count). The lowest BCUT2D eigenvalue weighted by Crippen LogP contribution is -2.51. The Bertz CT molecular complexity index is 1190. The summed E-state index contributed by atoms with van der Waals surface area (Å²) in [5, 5.41) is 13.9. The second-order valence-corrected chi connectivity index (χ2v) is 8.44. The van der Waals surface area contributed by atoms with Crippen molar-refractivity contribution in [3.05, 3.63) is 131 Å². The third kappa shape index (κ3) is 5.74. The van der Waals surface area contributed by atoms with E-state index in [1.165, 1.54) is 0 Å². The lowest BCUT2D eigenvalue weighted by Gasteiger charge is -2.32. The molecule has 0 aliphatic rings. The van der Waals surface area contributed by atoms with Gasteiger partial charge in [0.25, 0.3) is 5.91 Å². The number of aliphatic hydroxyl groups is 1. The molecule has 6 heteroatoms. The van der Waals surface area contributed by atoms with Crippen molar-refractivity contribution in [2.75, 3.05) is 14.2 Å². The molecule has 0 saturated carbocycles. The molecule has 0 aliphatic heterocycles. The predicted octanol–water partition coefficient (Wildman–Crippen LogP) is 4.67. The maximum atomic E-state index is 14.0. The third-order valence-electron chi connectivity index (χ3n) is 6.00. The van der Waals surface area contributed by atoms with Gasteiger partial charge < -0.3 is 14.6 Å². The third-order valence-corrected chi connectivity index (χ3v) is 6.00. The van der Waals surface area contributed by atoms with Gasteiger partial charge in [-0.3, -0.25) is 10.2 Å². The van der Waals surface area contributed by atoms with Gasteiger partial charge in [0.2, 0.25) is 0 Å². The molecule has 0 radical (unpaired) electrons. The van der Waals surface area contributed by atoms with E-state index in [-0.39, 0.29) is 0 Å². The molecule has 6 nitrogen and oxygen atoms in total. The number of hydrogen-bond acceptors (Lipinski definition) is 5. The first kappa shape index (κ1) is 25.0. The number of hydrazine groups is 1. The summed E-state index contributed by atoms with van der Waals surface area (Å²) < 4.78 is 10.7. The highest BCUT2D eigenvalue weighted by Gasteiger charge is 2.41. The summed E-state index contributed by atoms with van der Waals surface area (Å²) in [4.78, 5) is 14.0. The van der Waals surface area contributed by atoms with Crippen LogP contribution in [-0.2, 0) is 23.5 Å². The first-order chi connectivity index (χ1) is 17.5. The Balaban J connectivity index is 1.73. The van der Waals surface area contributed by atoms with Crippen LogP contribution in [0.3, 0.4) is 0 Å². The van der Waals surface area contributed by atoms with Crippen LogP contribution >= 0.6 is 0 Å². The summed E-state index contributed by atoms with van der Waals surface area (Å²) in [5.74, 6) is 0.481. The molecular formula is C30H30N2O4. The fourth-order valence-electron chi connectivity index (χ4n) is 4.09. The fourth-order valence-corrected chi connectivity index (χ4v) is 4.09. The van der Waals surface area contributed by atoms with Gasteiger partial charge >= 0.3 is 0 Å². The number of nitrogens with zero attached hydrogens (tertiary/aromatic N) is 1. The molecule has 36 heavy (non-hydrogen) atoms. The first-order valence-electron chi connectivity index (χ1n) is 11.7. The fraction of sp³-hybridized carbons (Fsp3) is 0.167. The van der Waals surface area contributed by atoms with Gasteiger partial charge in [-0.1, -0.05) is 84.9 Å². The minimum Gasteiger partial charge on any atom is -0.497 e. The van der Waals surface area contributed by atoms with Crippen LogP contribution in [0.25, 0.3) is 0 Å². The average Bonchev–Trinajstić information content (AvgIpc) is 2.93. The predicted molar refractivity (Wildman–Crippen MR) is 139 cm³/mol. The Morgan fingerprint density at radius 2 is 1.17 bits per heavy atom. The number of methoxy groups -OCH3 is 2. The molecule has 0 fully saturated rings. The molecule has 0 unspecified atom stereocenters. The summed E-state index contributed by atoms with van der Waals surface area (Å²) in [6.45, 7) is 0.904. The quantitative estimate of drug-likeness (QED) is 0.322. The van der Waals surface area contributed by atoms with Crippen LogP contribution in [0.5, 0.6) is 11.5 Å². The van der Waals surface area contributed by atoms with E-state index in [9.17, 15) is 9.90 Å². The van der Waals surface area contributed by atoms with Crippen molar-refractivity contribution in [1.29, 1.82) is 0 Å². The number of amides is 1. The van der Waals surface area contributed by atoms with Gasteiger partial charge in [0, 0.05) is 24.2 Å². The summed E-state index contributed by atoms with van der Waals surface area (Å²) >= 11 is 0. The topological polar surface area (TPSA) is 71.0 Å². The van der Waals surface area contributed by atoms with Crippen LogP contribution in [0, 0.1) is 0 Å². The molecule has 0 bridgehead atoms. The molecular weight excluding hydrogens is 452 g/mol. The Morgan fingerprint density at radius 1 is 0.722 bits per heavy atom. The Labute approximate surface area is 211 Å². The normalized spacial score (nSPS) is 11.2. The van der Waals surface area contributed by atoms with Crippen LogP contribution in [0.1, 0.15) is 22.3 Å². The van der Waals surface area contributed by atoms with Gasteiger partial charge in [0.1, 0.15) is 11.5 Å². The number of ether oxygens (including phenoxy) is 2. The Hall–Kier alpha value is -4.13. The van der Waals surface area contributed by atoms with Gasteiger partial charge in [0.15, 0.2) is 5.60 Å². The van der Waals surface area contributed by atoms with Crippen molar-refractivity contribution in [2.45, 2.75) is 18.7 Å².